The summed E-state index contributed by atoms with van der Waals surface area (Å²) in [4.78, 5) is 17.0. The minimum atomic E-state index is -4.67. The molecule has 1 amide bonds. The Hall–Kier alpha value is -1.44. The monoisotopic (exact) mass is 621 g/mol. The van der Waals surface area contributed by atoms with Gasteiger partial charge in [0.15, 0.2) is 0 Å². The van der Waals surface area contributed by atoms with Crippen LogP contribution in [0.3, 0.4) is 0 Å². The highest BCUT2D eigenvalue weighted by Crippen LogP contribution is 2.38. The van der Waals surface area contributed by atoms with Crippen LogP contribution in [0, 0.1) is 0 Å². The normalized spacial score (nSPS) is 26.3. The van der Waals surface area contributed by atoms with E-state index in [9.17, 15) is 26.6 Å². The van der Waals surface area contributed by atoms with Gasteiger partial charge in [-0.25, -0.2) is 17.8 Å². The SMILES string of the molecule is C=C(/C(F)=C\C=C(/C)I)[C@]1(C)CC[S@@](=O)(=NCC(F)(F)F)C(C)(C)C(NC(=O)OC(C)(C)C)=N1. The summed E-state index contributed by atoms with van der Waals surface area (Å²) in [5, 5.41) is 2.43. The number of amidine groups is 1. The van der Waals surface area contributed by atoms with Gasteiger partial charge >= 0.3 is 12.3 Å². The first kappa shape index (κ1) is 30.6. The molecular formula is C22H32F4IN3O3S. The van der Waals surface area contributed by atoms with E-state index in [1.807, 2.05) is 22.6 Å². The predicted octanol–water partition coefficient (Wildman–Crippen LogP) is 6.63. The molecule has 0 aromatic carbocycles. The minimum absolute atomic E-state index is 0.0693. The van der Waals surface area contributed by atoms with Gasteiger partial charge < -0.3 is 4.74 Å². The maximum absolute atomic E-state index is 14.9. The zero-order chi connectivity index (χ0) is 26.8. The summed E-state index contributed by atoms with van der Waals surface area (Å²) in [6.45, 7) is 13.1. The van der Waals surface area contributed by atoms with Gasteiger partial charge in [-0.3, -0.25) is 10.3 Å². The van der Waals surface area contributed by atoms with Gasteiger partial charge in [-0.15, -0.1) is 0 Å². The fraction of sp³-hybridized carbons (Fsp3) is 0.636. The number of hydrogen-bond donors (Lipinski definition) is 1. The predicted molar refractivity (Wildman–Crippen MR) is 136 cm³/mol. The first-order valence-corrected chi connectivity index (χ1v) is 13.1. The van der Waals surface area contributed by atoms with Crippen LogP contribution in [0.2, 0.25) is 0 Å². The number of ether oxygens (including phenoxy) is 1. The van der Waals surface area contributed by atoms with Crippen LogP contribution in [-0.2, 0) is 14.5 Å². The lowest BCUT2D eigenvalue weighted by atomic mass is 9.89. The Kier molecular flexibility index (Phi) is 9.60. The third-order valence-corrected chi connectivity index (χ3v) is 8.51. The lowest BCUT2D eigenvalue weighted by molar-refractivity contribution is -0.117. The van der Waals surface area contributed by atoms with E-state index in [0.29, 0.717) is 0 Å². The molecule has 34 heavy (non-hydrogen) atoms. The molecule has 0 aromatic rings. The highest BCUT2D eigenvalue weighted by Gasteiger charge is 2.46. The first-order valence-electron chi connectivity index (χ1n) is 10.4. The number of rotatable bonds is 4. The van der Waals surface area contributed by atoms with E-state index in [1.165, 1.54) is 32.9 Å². The van der Waals surface area contributed by atoms with Gasteiger partial charge in [-0.2, -0.15) is 13.2 Å². The fourth-order valence-electron chi connectivity index (χ4n) is 2.93. The molecular weight excluding hydrogens is 589 g/mol. The third kappa shape index (κ3) is 8.35. The zero-order valence-electron chi connectivity index (χ0n) is 20.4. The molecule has 0 aliphatic carbocycles. The summed E-state index contributed by atoms with van der Waals surface area (Å²) in [6, 6.07) is 0. The van der Waals surface area contributed by atoms with E-state index in [0.717, 1.165) is 3.58 Å². The van der Waals surface area contributed by atoms with E-state index in [4.69, 9.17) is 4.74 Å². The number of alkyl carbamates (subject to hydrolysis) is 1. The van der Waals surface area contributed by atoms with Crippen molar-refractivity contribution in [3.63, 3.8) is 0 Å². The maximum Gasteiger partial charge on any atom is 0.413 e. The summed E-state index contributed by atoms with van der Waals surface area (Å²) in [6.07, 6.45) is -2.99. The second-order valence-corrected chi connectivity index (χ2v) is 14.3. The average Bonchev–Trinajstić information content (AvgIpc) is 2.72. The molecule has 1 rings (SSSR count). The molecule has 1 N–H and O–H groups in total. The fourth-order valence-corrected chi connectivity index (χ4v) is 5.50. The molecule has 1 heterocycles. The van der Waals surface area contributed by atoms with E-state index in [1.54, 1.807) is 27.7 Å². The van der Waals surface area contributed by atoms with Crippen LogP contribution in [0.25, 0.3) is 0 Å². The van der Waals surface area contributed by atoms with Gasteiger partial charge in [-0.1, -0.05) is 12.7 Å². The van der Waals surface area contributed by atoms with Gasteiger partial charge in [-0.05, 0) is 87.1 Å². The summed E-state index contributed by atoms with van der Waals surface area (Å²) in [7, 11) is -3.62. The molecule has 0 saturated heterocycles. The van der Waals surface area contributed by atoms with Gasteiger partial charge in [0.05, 0.1) is 15.3 Å². The number of halogens is 5. The molecule has 12 heteroatoms. The van der Waals surface area contributed by atoms with Gasteiger partial charge in [0, 0.05) is 11.3 Å². The van der Waals surface area contributed by atoms with Crippen molar-refractivity contribution < 1.29 is 31.3 Å². The van der Waals surface area contributed by atoms with Crippen molar-refractivity contribution >= 4 is 44.2 Å². The van der Waals surface area contributed by atoms with Gasteiger partial charge in [0.25, 0.3) is 0 Å². The van der Waals surface area contributed by atoms with Crippen LogP contribution >= 0.6 is 22.6 Å². The van der Waals surface area contributed by atoms with E-state index in [-0.39, 0.29) is 23.6 Å². The van der Waals surface area contributed by atoms with Crippen LogP contribution < -0.4 is 5.32 Å². The van der Waals surface area contributed by atoms with Crippen molar-refractivity contribution in [2.45, 2.75) is 77.0 Å². The van der Waals surface area contributed by atoms with Crippen LogP contribution in [0.1, 0.15) is 54.9 Å². The van der Waals surface area contributed by atoms with E-state index >= 15 is 0 Å². The largest absolute Gasteiger partial charge is 0.444 e. The minimum Gasteiger partial charge on any atom is -0.444 e. The van der Waals surface area contributed by atoms with Crippen LogP contribution in [0.15, 0.2) is 43.1 Å². The Bertz CT molecular complexity index is 1030. The standard InChI is InChI=1S/C22H32F4IN3O3S/c1-14(27)9-10-16(23)15(2)21(8)11-12-34(32,28-13-22(24,25)26)20(6,7)17(30-21)29-18(31)33-19(3,4)5/h9-10H,2,11-13H2,1,3-8H3,(H,29,30,31)/b14-9+,16-10+/t21-,34-/m0/s1. The van der Waals surface area contributed by atoms with E-state index < -0.39 is 50.3 Å². The zero-order valence-corrected chi connectivity index (χ0v) is 23.4. The number of amides is 1. The average molecular weight is 621 g/mol. The van der Waals surface area contributed by atoms with Crippen molar-refractivity contribution in [1.29, 1.82) is 0 Å². The Labute approximate surface area is 212 Å². The maximum atomic E-state index is 14.9. The summed E-state index contributed by atoms with van der Waals surface area (Å²) in [5.74, 6) is -1.23. The summed E-state index contributed by atoms with van der Waals surface area (Å²) >= 11 is 2.00. The number of carbonyl (C=O) groups excluding carboxylic acids is 1. The molecule has 0 bridgehead atoms. The molecule has 1 aliphatic heterocycles. The Balaban J connectivity index is 3.68. The molecule has 2 atom stereocenters. The first-order chi connectivity index (χ1) is 15.1. The topological polar surface area (TPSA) is 80.1 Å². The molecule has 0 fully saturated rings. The number of nitrogens with one attached hydrogen (secondary N) is 1. The second-order valence-electron chi connectivity index (χ2n) is 9.62. The highest BCUT2D eigenvalue weighted by molar-refractivity contribution is 14.1. The summed E-state index contributed by atoms with van der Waals surface area (Å²) < 4.78 is 75.5. The van der Waals surface area contributed by atoms with Crippen molar-refractivity contribution in [3.8, 4) is 0 Å². The molecule has 0 radical (unpaired) electrons. The highest BCUT2D eigenvalue weighted by atomic mass is 127. The smallest absolute Gasteiger partial charge is 0.413 e. The molecule has 0 spiro atoms. The Morgan fingerprint density at radius 2 is 1.85 bits per heavy atom. The molecule has 0 unspecified atom stereocenters. The molecule has 0 saturated carbocycles. The second kappa shape index (κ2) is 10.7. The quantitative estimate of drug-likeness (QED) is 0.218. The van der Waals surface area contributed by atoms with Crippen molar-refractivity contribution in [2.24, 2.45) is 9.36 Å². The lowest BCUT2D eigenvalue weighted by Crippen LogP contribution is -2.51. The summed E-state index contributed by atoms with van der Waals surface area (Å²) in [5.41, 5.74) is -2.37. The third-order valence-electron chi connectivity index (χ3n) is 5.06. The number of nitrogens with zero attached hydrogens (tertiary/aromatic N) is 2. The van der Waals surface area contributed by atoms with Gasteiger partial charge in [0.2, 0.25) is 0 Å². The van der Waals surface area contributed by atoms with Crippen LogP contribution in [0.4, 0.5) is 22.4 Å². The Morgan fingerprint density at radius 1 is 1.29 bits per heavy atom. The molecule has 6 nitrogen and oxygen atoms in total. The van der Waals surface area contributed by atoms with Crippen molar-refractivity contribution in [1.82, 2.24) is 5.32 Å². The van der Waals surface area contributed by atoms with Crippen LogP contribution in [-0.4, -0.2) is 50.5 Å². The van der Waals surface area contributed by atoms with Crippen molar-refractivity contribution in [3.05, 3.63) is 33.7 Å². The lowest BCUT2D eigenvalue weighted by Gasteiger charge is -2.30. The number of aliphatic imine (C=N–C) groups is 1. The van der Waals surface area contributed by atoms with E-state index in [2.05, 4.69) is 21.3 Å². The Morgan fingerprint density at radius 3 is 2.32 bits per heavy atom. The number of allylic oxidation sites excluding steroid dienone is 3. The van der Waals surface area contributed by atoms with Crippen LogP contribution in [0.5, 0.6) is 0 Å². The van der Waals surface area contributed by atoms with Crippen molar-refractivity contribution in [2.75, 3.05) is 12.3 Å². The number of hydrogen-bond acceptors (Lipinski definition) is 5. The molecule has 1 aliphatic rings. The molecule has 0 aromatic heterocycles. The van der Waals surface area contributed by atoms with Gasteiger partial charge in [0.1, 0.15) is 28.6 Å². The molecule has 194 valence electrons. The number of alkyl halides is 3. The number of carbonyl (C=O) groups is 1.